The van der Waals surface area contributed by atoms with E-state index in [4.69, 9.17) is 5.73 Å². The summed E-state index contributed by atoms with van der Waals surface area (Å²) in [6, 6.07) is 4.40. The Balaban J connectivity index is 1.61. The normalized spacial score (nSPS) is 26.3. The minimum absolute atomic E-state index is 0.113. The van der Waals surface area contributed by atoms with Crippen LogP contribution in [-0.2, 0) is 16.1 Å². The number of benzene rings is 1. The van der Waals surface area contributed by atoms with Gasteiger partial charge in [-0.2, -0.15) is 0 Å². The minimum atomic E-state index is -0.939. The lowest BCUT2D eigenvalue weighted by atomic mass is 10.0. The molecule has 3 heterocycles. The average molecular weight is 370 g/mol. The van der Waals surface area contributed by atoms with E-state index in [1.807, 2.05) is 6.07 Å². The molecule has 0 bridgehead atoms. The lowest BCUT2D eigenvalue weighted by Gasteiger charge is -2.31. The molecule has 0 aliphatic carbocycles. The van der Waals surface area contributed by atoms with Gasteiger partial charge in [0.15, 0.2) is 0 Å². The van der Waals surface area contributed by atoms with Crippen molar-refractivity contribution < 1.29 is 19.2 Å². The van der Waals surface area contributed by atoms with Crippen LogP contribution in [-0.4, -0.2) is 58.6 Å². The maximum atomic E-state index is 13.1. The molecule has 3 aliphatic rings. The summed E-state index contributed by atoms with van der Waals surface area (Å²) in [6.45, 7) is 2.19. The van der Waals surface area contributed by atoms with Crippen molar-refractivity contribution in [3.63, 3.8) is 0 Å². The highest BCUT2D eigenvalue weighted by molar-refractivity contribution is 6.24. The molecule has 1 aromatic rings. The van der Waals surface area contributed by atoms with E-state index < -0.39 is 23.8 Å². The number of nitrogens with zero attached hydrogens (tertiary/aromatic N) is 2. The van der Waals surface area contributed by atoms with Gasteiger partial charge in [-0.3, -0.25) is 34.3 Å². The summed E-state index contributed by atoms with van der Waals surface area (Å²) in [5.41, 5.74) is 7.51. The lowest BCUT2D eigenvalue weighted by molar-refractivity contribution is -0.136. The molecule has 2 saturated heterocycles. The number of piperidine rings is 2. The zero-order valence-electron chi connectivity index (χ0n) is 14.9. The van der Waals surface area contributed by atoms with Crippen LogP contribution in [0.2, 0.25) is 0 Å². The molecule has 8 heteroatoms. The number of nitrogens with one attached hydrogen (secondary N) is 1. The lowest BCUT2D eigenvalue weighted by Crippen LogP contribution is -2.54. The van der Waals surface area contributed by atoms with E-state index in [-0.39, 0.29) is 24.8 Å². The molecule has 0 spiro atoms. The van der Waals surface area contributed by atoms with Gasteiger partial charge in [-0.25, -0.2) is 0 Å². The first-order chi connectivity index (χ1) is 13.0. The highest BCUT2D eigenvalue weighted by atomic mass is 16.2. The van der Waals surface area contributed by atoms with Crippen molar-refractivity contribution in [1.82, 2.24) is 15.1 Å². The molecule has 1 unspecified atom stereocenters. The van der Waals surface area contributed by atoms with Crippen molar-refractivity contribution in [3.05, 3.63) is 34.9 Å². The Labute approximate surface area is 156 Å². The van der Waals surface area contributed by atoms with Gasteiger partial charge in [-0.15, -0.1) is 0 Å². The first-order valence-corrected chi connectivity index (χ1v) is 9.27. The molecule has 3 aliphatic heterocycles. The van der Waals surface area contributed by atoms with Crippen molar-refractivity contribution in [3.8, 4) is 0 Å². The summed E-state index contributed by atoms with van der Waals surface area (Å²) in [6.07, 6.45) is 2.27. The van der Waals surface area contributed by atoms with E-state index in [0.29, 0.717) is 17.7 Å². The van der Waals surface area contributed by atoms with E-state index >= 15 is 0 Å². The van der Waals surface area contributed by atoms with E-state index in [0.717, 1.165) is 36.4 Å². The van der Waals surface area contributed by atoms with Crippen molar-refractivity contribution in [2.24, 2.45) is 5.73 Å². The zero-order valence-corrected chi connectivity index (χ0v) is 14.9. The molecule has 3 N–H and O–H groups in total. The highest BCUT2D eigenvalue weighted by Gasteiger charge is 2.45. The van der Waals surface area contributed by atoms with Crippen molar-refractivity contribution in [1.29, 1.82) is 0 Å². The Morgan fingerprint density at radius 1 is 1.11 bits per heavy atom. The van der Waals surface area contributed by atoms with Gasteiger partial charge in [0.1, 0.15) is 6.04 Å². The van der Waals surface area contributed by atoms with Gasteiger partial charge in [-0.1, -0.05) is 12.1 Å². The minimum Gasteiger partial charge on any atom is -0.327 e. The SMILES string of the molecule is N[C@H]1CCCN(Cc2cccc3c2C(=O)N(C2CCC(=O)NC2=O)C3=O)C1. The second-order valence-electron chi connectivity index (χ2n) is 7.42. The van der Waals surface area contributed by atoms with E-state index in [2.05, 4.69) is 10.2 Å². The van der Waals surface area contributed by atoms with Gasteiger partial charge in [0.25, 0.3) is 11.8 Å². The molecule has 2 atom stereocenters. The summed E-state index contributed by atoms with van der Waals surface area (Å²) < 4.78 is 0. The third kappa shape index (κ3) is 3.15. The number of carbonyl (C=O) groups excluding carboxylic acids is 4. The third-order valence-corrected chi connectivity index (χ3v) is 5.49. The number of amides is 4. The Morgan fingerprint density at radius 2 is 1.93 bits per heavy atom. The fraction of sp³-hybridized carbons (Fsp3) is 0.474. The molecule has 8 nitrogen and oxygen atoms in total. The summed E-state index contributed by atoms with van der Waals surface area (Å²) >= 11 is 0. The van der Waals surface area contributed by atoms with Crippen molar-refractivity contribution >= 4 is 23.6 Å². The predicted molar refractivity (Wildman–Crippen MR) is 95.6 cm³/mol. The number of carbonyl (C=O) groups is 4. The van der Waals surface area contributed by atoms with Gasteiger partial charge in [0.2, 0.25) is 11.8 Å². The van der Waals surface area contributed by atoms with E-state index in [9.17, 15) is 19.2 Å². The number of rotatable bonds is 3. The van der Waals surface area contributed by atoms with Crippen LogP contribution in [0.5, 0.6) is 0 Å². The molecule has 142 valence electrons. The number of imide groups is 2. The first kappa shape index (κ1) is 17.8. The van der Waals surface area contributed by atoms with Gasteiger partial charge in [0, 0.05) is 25.6 Å². The Kier molecular flexibility index (Phi) is 4.53. The standard InChI is InChI=1S/C19H22N4O4/c20-12-4-2-8-22(10-12)9-11-3-1-5-13-16(11)19(27)23(18(13)26)14-6-7-15(24)21-17(14)25/h1,3,5,12,14H,2,4,6-10,20H2,(H,21,24,25)/t12-,14?/m0/s1. The average Bonchev–Trinajstić information content (AvgIpc) is 2.87. The van der Waals surface area contributed by atoms with Gasteiger partial charge in [-0.05, 0) is 37.4 Å². The van der Waals surface area contributed by atoms with Crippen LogP contribution in [0.4, 0.5) is 0 Å². The van der Waals surface area contributed by atoms with E-state index in [1.165, 1.54) is 0 Å². The number of hydrogen-bond acceptors (Lipinski definition) is 6. The van der Waals surface area contributed by atoms with Crippen LogP contribution < -0.4 is 11.1 Å². The molecule has 1 aromatic carbocycles. The zero-order chi connectivity index (χ0) is 19.1. The molecular weight excluding hydrogens is 348 g/mol. The monoisotopic (exact) mass is 370 g/mol. The molecule has 0 aromatic heterocycles. The second kappa shape index (κ2) is 6.86. The fourth-order valence-corrected chi connectivity index (χ4v) is 4.19. The Morgan fingerprint density at radius 3 is 2.67 bits per heavy atom. The van der Waals surface area contributed by atoms with Crippen molar-refractivity contribution in [2.45, 2.75) is 44.3 Å². The van der Waals surface area contributed by atoms with Crippen molar-refractivity contribution in [2.75, 3.05) is 13.1 Å². The van der Waals surface area contributed by atoms with Crippen LogP contribution in [0.1, 0.15) is 52.0 Å². The number of hydrogen-bond donors (Lipinski definition) is 2. The van der Waals surface area contributed by atoms with Crippen LogP contribution in [0.3, 0.4) is 0 Å². The predicted octanol–water partition coefficient (Wildman–Crippen LogP) is 0.0109. The smallest absolute Gasteiger partial charge is 0.262 e. The topological polar surface area (TPSA) is 113 Å². The molecule has 0 saturated carbocycles. The van der Waals surface area contributed by atoms with Crippen LogP contribution in [0.15, 0.2) is 18.2 Å². The third-order valence-electron chi connectivity index (χ3n) is 5.49. The second-order valence-corrected chi connectivity index (χ2v) is 7.42. The maximum absolute atomic E-state index is 13.1. The largest absolute Gasteiger partial charge is 0.327 e. The number of likely N-dealkylation sites (tertiary alicyclic amines) is 1. The molecular formula is C19H22N4O4. The Bertz CT molecular complexity index is 837. The summed E-state index contributed by atoms with van der Waals surface area (Å²) in [5, 5.41) is 2.21. The maximum Gasteiger partial charge on any atom is 0.262 e. The van der Waals surface area contributed by atoms with Gasteiger partial charge >= 0.3 is 0 Å². The number of fused-ring (bicyclic) bond motifs is 1. The molecule has 0 radical (unpaired) electrons. The van der Waals surface area contributed by atoms with Gasteiger partial charge < -0.3 is 5.73 Å². The van der Waals surface area contributed by atoms with Crippen LogP contribution in [0.25, 0.3) is 0 Å². The molecule has 27 heavy (non-hydrogen) atoms. The highest BCUT2D eigenvalue weighted by Crippen LogP contribution is 2.30. The van der Waals surface area contributed by atoms with Crippen LogP contribution in [0, 0.1) is 0 Å². The fourth-order valence-electron chi connectivity index (χ4n) is 4.19. The quantitative estimate of drug-likeness (QED) is 0.725. The number of nitrogens with two attached hydrogens (primary N) is 1. The van der Waals surface area contributed by atoms with E-state index in [1.54, 1.807) is 12.1 Å². The summed E-state index contributed by atoms with van der Waals surface area (Å²) in [7, 11) is 0. The van der Waals surface area contributed by atoms with Gasteiger partial charge in [0.05, 0.1) is 11.1 Å². The first-order valence-electron chi connectivity index (χ1n) is 9.27. The van der Waals surface area contributed by atoms with Crippen LogP contribution >= 0.6 is 0 Å². The summed E-state index contributed by atoms with van der Waals surface area (Å²) in [4.78, 5) is 52.6. The molecule has 4 amide bonds. The molecule has 2 fully saturated rings. The summed E-state index contributed by atoms with van der Waals surface area (Å²) in [5.74, 6) is -1.90. The molecule has 4 rings (SSSR count). The Hall–Kier alpha value is -2.58.